The molecule has 1 aliphatic rings. The fourth-order valence-corrected chi connectivity index (χ4v) is 2.82. The van der Waals surface area contributed by atoms with Crippen molar-refractivity contribution >= 4 is 38.8 Å². The molecule has 17 heavy (non-hydrogen) atoms. The molecule has 1 saturated carbocycles. The third-order valence-corrected chi connectivity index (χ3v) is 4.35. The van der Waals surface area contributed by atoms with Gasteiger partial charge in [-0.25, -0.2) is 0 Å². The van der Waals surface area contributed by atoms with Crippen LogP contribution in [-0.2, 0) is 0 Å². The van der Waals surface area contributed by atoms with Gasteiger partial charge in [0.15, 0.2) is 0 Å². The molecule has 92 valence electrons. The van der Waals surface area contributed by atoms with Crippen LogP contribution in [0.15, 0.2) is 22.7 Å². The van der Waals surface area contributed by atoms with Crippen molar-refractivity contribution in [3.63, 3.8) is 0 Å². The van der Waals surface area contributed by atoms with E-state index in [0.29, 0.717) is 4.99 Å². The van der Waals surface area contributed by atoms with E-state index < -0.39 is 0 Å². The lowest BCUT2D eigenvalue weighted by Crippen LogP contribution is -2.44. The first-order chi connectivity index (χ1) is 8.06. The first-order valence-electron chi connectivity index (χ1n) is 5.94. The zero-order chi connectivity index (χ0) is 12.5. The zero-order valence-corrected chi connectivity index (χ0v) is 12.3. The largest absolute Gasteiger partial charge is 0.389 e. The second kappa shape index (κ2) is 4.94. The lowest BCUT2D eigenvalue weighted by Gasteiger charge is -2.43. The van der Waals surface area contributed by atoms with Crippen LogP contribution in [0.3, 0.4) is 0 Å². The monoisotopic (exact) mass is 312 g/mol. The molecule has 0 spiro atoms. The molecule has 0 radical (unpaired) electrons. The van der Waals surface area contributed by atoms with Gasteiger partial charge in [-0.05, 0) is 43.9 Å². The minimum Gasteiger partial charge on any atom is -0.389 e. The molecule has 0 unspecified atom stereocenters. The normalized spacial score (nSPS) is 17.3. The maximum absolute atomic E-state index is 5.77. The van der Waals surface area contributed by atoms with Gasteiger partial charge in [-0.15, -0.1) is 0 Å². The maximum Gasteiger partial charge on any atom is 0.106 e. The minimum absolute atomic E-state index is 0.257. The van der Waals surface area contributed by atoms with Gasteiger partial charge in [-0.1, -0.05) is 35.1 Å². The lowest BCUT2D eigenvalue weighted by atomic mass is 9.74. The highest BCUT2D eigenvalue weighted by atomic mass is 79.9. The average molecular weight is 313 g/mol. The number of nitrogens with two attached hydrogens (primary N) is 1. The van der Waals surface area contributed by atoms with Gasteiger partial charge in [0.05, 0.1) is 0 Å². The SMILES string of the molecule is CCC1(Nc2ccc(Br)cc2C(N)=S)CCC1. The number of rotatable bonds is 4. The fourth-order valence-electron chi connectivity index (χ4n) is 2.29. The topological polar surface area (TPSA) is 38.0 Å². The summed E-state index contributed by atoms with van der Waals surface area (Å²) in [6, 6.07) is 6.05. The van der Waals surface area contributed by atoms with Crippen LogP contribution in [0.25, 0.3) is 0 Å². The predicted octanol–water partition coefficient (Wildman–Crippen LogP) is 3.83. The van der Waals surface area contributed by atoms with Crippen LogP contribution < -0.4 is 11.1 Å². The van der Waals surface area contributed by atoms with E-state index >= 15 is 0 Å². The summed E-state index contributed by atoms with van der Waals surface area (Å²) in [6.45, 7) is 2.23. The van der Waals surface area contributed by atoms with E-state index in [-0.39, 0.29) is 5.54 Å². The molecule has 0 bridgehead atoms. The third kappa shape index (κ3) is 2.63. The Morgan fingerprint density at radius 1 is 1.53 bits per heavy atom. The molecule has 3 N–H and O–H groups in total. The molecular formula is C13H17BrN2S. The number of hydrogen-bond donors (Lipinski definition) is 2. The van der Waals surface area contributed by atoms with Crippen molar-refractivity contribution in [3.8, 4) is 0 Å². The lowest BCUT2D eigenvalue weighted by molar-refractivity contribution is 0.269. The standard InChI is InChI=1S/C13H17BrN2S/c1-2-13(6-3-7-13)16-11-5-4-9(14)8-10(11)12(15)17/h4-5,8,16H,2-3,6-7H2,1H3,(H2,15,17). The van der Waals surface area contributed by atoms with E-state index in [1.807, 2.05) is 18.2 Å². The van der Waals surface area contributed by atoms with Gasteiger partial charge in [0.25, 0.3) is 0 Å². The second-order valence-electron chi connectivity index (χ2n) is 4.67. The van der Waals surface area contributed by atoms with Crippen molar-refractivity contribution in [3.05, 3.63) is 28.2 Å². The molecule has 0 atom stereocenters. The Morgan fingerprint density at radius 2 is 2.24 bits per heavy atom. The Kier molecular flexibility index (Phi) is 3.73. The molecule has 1 fully saturated rings. The first kappa shape index (κ1) is 12.8. The number of thiocarbonyl (C=S) groups is 1. The van der Waals surface area contributed by atoms with E-state index in [2.05, 4.69) is 28.2 Å². The van der Waals surface area contributed by atoms with Crippen LogP contribution in [0.4, 0.5) is 5.69 Å². The maximum atomic E-state index is 5.77. The third-order valence-electron chi connectivity index (χ3n) is 3.63. The van der Waals surface area contributed by atoms with Crippen molar-refractivity contribution < 1.29 is 0 Å². The number of benzene rings is 1. The summed E-state index contributed by atoms with van der Waals surface area (Å²) >= 11 is 8.56. The van der Waals surface area contributed by atoms with Crippen LogP contribution in [0, 0.1) is 0 Å². The van der Waals surface area contributed by atoms with Gasteiger partial charge in [0.2, 0.25) is 0 Å². The number of hydrogen-bond acceptors (Lipinski definition) is 2. The predicted molar refractivity (Wildman–Crippen MR) is 80.5 cm³/mol. The van der Waals surface area contributed by atoms with Gasteiger partial charge in [-0.2, -0.15) is 0 Å². The van der Waals surface area contributed by atoms with Crippen molar-refractivity contribution in [2.75, 3.05) is 5.32 Å². The summed E-state index contributed by atoms with van der Waals surface area (Å²) in [7, 11) is 0. The zero-order valence-electron chi connectivity index (χ0n) is 9.92. The smallest absolute Gasteiger partial charge is 0.106 e. The van der Waals surface area contributed by atoms with E-state index in [1.54, 1.807) is 0 Å². The molecular weight excluding hydrogens is 296 g/mol. The Balaban J connectivity index is 2.29. The van der Waals surface area contributed by atoms with Crippen LogP contribution in [0.5, 0.6) is 0 Å². The van der Waals surface area contributed by atoms with Crippen LogP contribution in [0.2, 0.25) is 0 Å². The fraction of sp³-hybridized carbons (Fsp3) is 0.462. The van der Waals surface area contributed by atoms with Crippen LogP contribution in [0.1, 0.15) is 38.2 Å². The molecule has 1 aromatic rings. The van der Waals surface area contributed by atoms with E-state index in [9.17, 15) is 0 Å². The van der Waals surface area contributed by atoms with Crippen LogP contribution >= 0.6 is 28.1 Å². The van der Waals surface area contributed by atoms with Crippen LogP contribution in [-0.4, -0.2) is 10.5 Å². The second-order valence-corrected chi connectivity index (χ2v) is 6.02. The van der Waals surface area contributed by atoms with Crippen molar-refractivity contribution in [1.29, 1.82) is 0 Å². The summed E-state index contributed by atoms with van der Waals surface area (Å²) < 4.78 is 1.00. The quantitative estimate of drug-likeness (QED) is 0.830. The average Bonchev–Trinajstić information content (AvgIpc) is 2.25. The first-order valence-corrected chi connectivity index (χ1v) is 7.14. The van der Waals surface area contributed by atoms with E-state index in [0.717, 1.165) is 22.1 Å². The Morgan fingerprint density at radius 3 is 2.71 bits per heavy atom. The van der Waals surface area contributed by atoms with Gasteiger partial charge in [-0.3, -0.25) is 0 Å². The molecule has 0 aromatic heterocycles. The summed E-state index contributed by atoms with van der Waals surface area (Å²) in [6.07, 6.45) is 4.91. The number of halogens is 1. The molecule has 1 aliphatic carbocycles. The highest BCUT2D eigenvalue weighted by molar-refractivity contribution is 9.10. The van der Waals surface area contributed by atoms with Gasteiger partial charge >= 0.3 is 0 Å². The molecule has 0 saturated heterocycles. The summed E-state index contributed by atoms with van der Waals surface area (Å²) in [5, 5.41) is 3.63. The summed E-state index contributed by atoms with van der Waals surface area (Å²) in [5.41, 5.74) is 8.01. The van der Waals surface area contributed by atoms with E-state index in [1.165, 1.54) is 19.3 Å². The molecule has 4 heteroatoms. The molecule has 1 aromatic carbocycles. The number of anilines is 1. The molecule has 0 amide bonds. The number of nitrogens with one attached hydrogen (secondary N) is 1. The van der Waals surface area contributed by atoms with Crippen molar-refractivity contribution in [1.82, 2.24) is 0 Å². The van der Waals surface area contributed by atoms with Crippen molar-refractivity contribution in [2.24, 2.45) is 5.73 Å². The minimum atomic E-state index is 0.257. The van der Waals surface area contributed by atoms with E-state index in [4.69, 9.17) is 18.0 Å². The van der Waals surface area contributed by atoms with Gasteiger partial charge < -0.3 is 11.1 Å². The molecule has 2 nitrogen and oxygen atoms in total. The summed E-state index contributed by atoms with van der Waals surface area (Å²) in [5.74, 6) is 0. The van der Waals surface area contributed by atoms with Gasteiger partial charge in [0.1, 0.15) is 4.99 Å². The Hall–Kier alpha value is -0.610. The highest BCUT2D eigenvalue weighted by Gasteiger charge is 2.35. The Labute approximate surface area is 116 Å². The highest BCUT2D eigenvalue weighted by Crippen LogP contribution is 2.39. The van der Waals surface area contributed by atoms with Crippen molar-refractivity contribution in [2.45, 2.75) is 38.1 Å². The Bertz CT molecular complexity index is 436. The molecule has 0 aliphatic heterocycles. The summed E-state index contributed by atoms with van der Waals surface area (Å²) in [4.78, 5) is 0.444. The molecule has 0 heterocycles. The van der Waals surface area contributed by atoms with Gasteiger partial charge in [0, 0.05) is 21.3 Å². The molecule has 2 rings (SSSR count).